The maximum absolute atomic E-state index is 12.6. The second kappa shape index (κ2) is 8.16. The SMILES string of the molecule is Cc1ccc(-n2nc3c(N4CCC(C(=O)N[C@H]5C[C@H](N)C5)CC4)nnc(C)c3c2C)cc1. The van der Waals surface area contributed by atoms with Gasteiger partial charge in [0, 0.05) is 31.1 Å². The van der Waals surface area contributed by atoms with E-state index in [9.17, 15) is 4.79 Å². The lowest BCUT2D eigenvalue weighted by atomic mass is 9.86. The Bertz CT molecular complexity index is 1140. The van der Waals surface area contributed by atoms with Crippen molar-refractivity contribution < 1.29 is 4.79 Å². The Hall–Kier alpha value is -3.00. The molecule has 8 heteroatoms. The number of aryl methyl sites for hydroxylation is 3. The summed E-state index contributed by atoms with van der Waals surface area (Å²) in [5.41, 5.74) is 10.9. The third-order valence-corrected chi connectivity index (χ3v) is 6.95. The topological polar surface area (TPSA) is 102 Å². The highest BCUT2D eigenvalue weighted by molar-refractivity contribution is 5.92. The Kier molecular flexibility index (Phi) is 5.33. The summed E-state index contributed by atoms with van der Waals surface area (Å²) in [6.45, 7) is 7.68. The molecule has 8 nitrogen and oxygen atoms in total. The summed E-state index contributed by atoms with van der Waals surface area (Å²) in [7, 11) is 0. The first-order chi connectivity index (χ1) is 15.4. The summed E-state index contributed by atoms with van der Waals surface area (Å²) >= 11 is 0. The normalized spacial score (nSPS) is 21.6. The predicted molar refractivity (Wildman–Crippen MR) is 125 cm³/mol. The van der Waals surface area contributed by atoms with Crippen LogP contribution in [0.25, 0.3) is 16.6 Å². The first-order valence-electron chi connectivity index (χ1n) is 11.5. The summed E-state index contributed by atoms with van der Waals surface area (Å²) in [5.74, 6) is 1.02. The molecular formula is C24H31N7O. The Morgan fingerprint density at radius 3 is 2.41 bits per heavy atom. The fourth-order valence-electron chi connectivity index (χ4n) is 4.91. The molecule has 3 heterocycles. The fraction of sp³-hybridized carbons (Fsp3) is 0.500. The number of benzene rings is 1. The summed E-state index contributed by atoms with van der Waals surface area (Å²) < 4.78 is 1.98. The number of nitrogens with one attached hydrogen (secondary N) is 1. The molecule has 2 fully saturated rings. The number of nitrogens with zero attached hydrogens (tertiary/aromatic N) is 5. The first kappa shape index (κ1) is 20.9. The van der Waals surface area contributed by atoms with Crippen molar-refractivity contribution in [2.45, 2.75) is 58.5 Å². The molecule has 1 saturated carbocycles. The minimum atomic E-state index is 0.0452. The third-order valence-electron chi connectivity index (χ3n) is 6.95. The molecule has 1 aromatic carbocycles. The molecule has 0 radical (unpaired) electrons. The van der Waals surface area contributed by atoms with Gasteiger partial charge in [0.15, 0.2) is 5.82 Å². The summed E-state index contributed by atoms with van der Waals surface area (Å²) in [6.07, 6.45) is 3.40. The molecule has 1 saturated heterocycles. The van der Waals surface area contributed by atoms with E-state index in [1.54, 1.807) is 0 Å². The van der Waals surface area contributed by atoms with Gasteiger partial charge in [0.05, 0.1) is 22.5 Å². The van der Waals surface area contributed by atoms with Gasteiger partial charge in [0.2, 0.25) is 5.91 Å². The van der Waals surface area contributed by atoms with E-state index in [1.807, 2.05) is 11.6 Å². The van der Waals surface area contributed by atoms with Crippen LogP contribution >= 0.6 is 0 Å². The lowest BCUT2D eigenvalue weighted by Crippen LogP contribution is -2.52. The van der Waals surface area contributed by atoms with E-state index in [0.29, 0.717) is 0 Å². The molecule has 1 aliphatic heterocycles. The Labute approximate surface area is 188 Å². The van der Waals surface area contributed by atoms with Gasteiger partial charge in [0.25, 0.3) is 0 Å². The Morgan fingerprint density at radius 1 is 1.06 bits per heavy atom. The van der Waals surface area contributed by atoms with Crippen LogP contribution in [0, 0.1) is 26.7 Å². The van der Waals surface area contributed by atoms with Gasteiger partial charge in [0.1, 0.15) is 5.52 Å². The lowest BCUT2D eigenvalue weighted by Gasteiger charge is -2.36. The zero-order valence-electron chi connectivity index (χ0n) is 19.0. The van der Waals surface area contributed by atoms with Crippen molar-refractivity contribution in [3.63, 3.8) is 0 Å². The van der Waals surface area contributed by atoms with Crippen LogP contribution in [-0.2, 0) is 4.79 Å². The monoisotopic (exact) mass is 433 g/mol. The highest BCUT2D eigenvalue weighted by atomic mass is 16.2. The molecule has 0 spiro atoms. The number of carbonyl (C=O) groups is 1. The van der Waals surface area contributed by atoms with E-state index in [1.165, 1.54) is 5.56 Å². The van der Waals surface area contributed by atoms with Gasteiger partial charge >= 0.3 is 0 Å². The Balaban J connectivity index is 1.37. The van der Waals surface area contributed by atoms with Gasteiger partial charge < -0.3 is 16.0 Å². The number of rotatable bonds is 4. The van der Waals surface area contributed by atoms with Crippen molar-refractivity contribution in [1.82, 2.24) is 25.3 Å². The molecule has 3 N–H and O–H groups in total. The molecule has 2 aliphatic rings. The largest absolute Gasteiger partial charge is 0.353 e. The predicted octanol–water partition coefficient (Wildman–Crippen LogP) is 2.56. The van der Waals surface area contributed by atoms with Gasteiger partial charge in [-0.05, 0) is 58.6 Å². The molecule has 168 valence electrons. The maximum atomic E-state index is 12.6. The zero-order chi connectivity index (χ0) is 22.4. The van der Waals surface area contributed by atoms with Crippen molar-refractivity contribution in [1.29, 1.82) is 0 Å². The van der Waals surface area contributed by atoms with Crippen LogP contribution in [-0.4, -0.2) is 51.1 Å². The average Bonchev–Trinajstić information content (AvgIpc) is 3.12. The quantitative estimate of drug-likeness (QED) is 0.656. The number of hydrogen-bond acceptors (Lipinski definition) is 6. The lowest BCUT2D eigenvalue weighted by molar-refractivity contribution is -0.126. The molecule has 5 rings (SSSR count). The second-order valence-corrected chi connectivity index (χ2v) is 9.36. The third kappa shape index (κ3) is 3.72. The van der Waals surface area contributed by atoms with E-state index in [-0.39, 0.29) is 23.9 Å². The smallest absolute Gasteiger partial charge is 0.223 e. The average molecular weight is 434 g/mol. The first-order valence-corrected chi connectivity index (χ1v) is 11.5. The highest BCUT2D eigenvalue weighted by Gasteiger charge is 2.32. The minimum Gasteiger partial charge on any atom is -0.353 e. The number of hydrogen-bond donors (Lipinski definition) is 2. The molecular weight excluding hydrogens is 402 g/mol. The molecule has 3 aromatic rings. The summed E-state index contributed by atoms with van der Waals surface area (Å²) in [5, 5.41) is 18.1. The van der Waals surface area contributed by atoms with Crippen LogP contribution < -0.4 is 16.0 Å². The number of amides is 1. The van der Waals surface area contributed by atoms with Crippen LogP contribution in [0.2, 0.25) is 0 Å². The molecule has 0 unspecified atom stereocenters. The fourth-order valence-corrected chi connectivity index (χ4v) is 4.91. The van der Waals surface area contributed by atoms with Crippen molar-refractivity contribution >= 4 is 22.6 Å². The van der Waals surface area contributed by atoms with E-state index in [4.69, 9.17) is 10.8 Å². The van der Waals surface area contributed by atoms with Crippen LogP contribution in [0.5, 0.6) is 0 Å². The standard InChI is InChI=1S/C24H31N7O/c1-14-4-6-20(7-5-14)31-16(3)21-15(2)27-28-23(22(21)29-31)30-10-8-17(9-11-30)24(32)26-19-12-18(25)13-19/h4-7,17-19H,8-13,25H2,1-3H3,(H,26,32)/t18-,19-. The molecule has 1 aliphatic carbocycles. The van der Waals surface area contributed by atoms with Crippen molar-refractivity contribution in [2.75, 3.05) is 18.0 Å². The van der Waals surface area contributed by atoms with Crippen LogP contribution in [0.15, 0.2) is 24.3 Å². The van der Waals surface area contributed by atoms with Gasteiger partial charge in [-0.1, -0.05) is 17.7 Å². The van der Waals surface area contributed by atoms with Crippen LogP contribution in [0.1, 0.15) is 42.6 Å². The number of aromatic nitrogens is 4. The van der Waals surface area contributed by atoms with E-state index in [0.717, 1.165) is 72.6 Å². The van der Waals surface area contributed by atoms with Gasteiger partial charge in [-0.2, -0.15) is 10.2 Å². The van der Waals surface area contributed by atoms with E-state index < -0.39 is 0 Å². The minimum absolute atomic E-state index is 0.0452. The molecule has 2 aromatic heterocycles. The second-order valence-electron chi connectivity index (χ2n) is 9.36. The number of carbonyl (C=O) groups excluding carboxylic acids is 1. The zero-order valence-corrected chi connectivity index (χ0v) is 19.0. The van der Waals surface area contributed by atoms with Crippen molar-refractivity contribution in [3.05, 3.63) is 41.2 Å². The molecule has 0 atom stereocenters. The molecule has 32 heavy (non-hydrogen) atoms. The summed E-state index contributed by atoms with van der Waals surface area (Å²) in [4.78, 5) is 14.8. The highest BCUT2D eigenvalue weighted by Crippen LogP contribution is 2.31. The Morgan fingerprint density at radius 2 is 1.75 bits per heavy atom. The number of nitrogens with two attached hydrogens (primary N) is 1. The molecule has 0 bridgehead atoms. The van der Waals surface area contributed by atoms with Crippen LogP contribution in [0.3, 0.4) is 0 Å². The molecule has 1 amide bonds. The van der Waals surface area contributed by atoms with E-state index in [2.05, 4.69) is 58.5 Å². The van der Waals surface area contributed by atoms with Gasteiger partial charge in [-0.15, -0.1) is 5.10 Å². The van der Waals surface area contributed by atoms with Gasteiger partial charge in [-0.3, -0.25) is 4.79 Å². The van der Waals surface area contributed by atoms with Crippen molar-refractivity contribution in [3.8, 4) is 5.69 Å². The van der Waals surface area contributed by atoms with Crippen LogP contribution in [0.4, 0.5) is 5.82 Å². The summed E-state index contributed by atoms with van der Waals surface area (Å²) in [6, 6.07) is 8.86. The maximum Gasteiger partial charge on any atom is 0.223 e. The number of piperidine rings is 1. The van der Waals surface area contributed by atoms with Gasteiger partial charge in [-0.25, -0.2) is 4.68 Å². The number of fused-ring (bicyclic) bond motifs is 1. The van der Waals surface area contributed by atoms with Crippen molar-refractivity contribution in [2.24, 2.45) is 11.7 Å². The number of anilines is 1. The van der Waals surface area contributed by atoms with E-state index >= 15 is 0 Å².